The van der Waals surface area contributed by atoms with Crippen molar-refractivity contribution in [1.82, 2.24) is 10.2 Å². The standard InChI is InChI=1S/C23H28N2O3/c1-18(19-11-5-4-6-12-19)24-23(27)20-13-7-8-14-21(20)28-17-22(26)25-15-9-2-3-10-16-25/h4-8,11-14,18H,2-3,9-10,15-17H2,1H3,(H,24,27). The first-order chi connectivity index (χ1) is 13.6. The van der Waals surface area contributed by atoms with Gasteiger partial charge in [0.2, 0.25) is 0 Å². The van der Waals surface area contributed by atoms with Gasteiger partial charge in [0.15, 0.2) is 6.61 Å². The zero-order valence-electron chi connectivity index (χ0n) is 16.4. The molecule has 148 valence electrons. The highest BCUT2D eigenvalue weighted by atomic mass is 16.5. The van der Waals surface area contributed by atoms with Crippen molar-refractivity contribution in [2.24, 2.45) is 0 Å². The fourth-order valence-corrected chi connectivity index (χ4v) is 3.43. The predicted octanol–water partition coefficient (Wildman–Crippen LogP) is 3.96. The van der Waals surface area contributed by atoms with Gasteiger partial charge in [0, 0.05) is 13.1 Å². The van der Waals surface area contributed by atoms with Gasteiger partial charge in [-0.3, -0.25) is 9.59 Å². The summed E-state index contributed by atoms with van der Waals surface area (Å²) in [4.78, 5) is 27.1. The highest BCUT2D eigenvalue weighted by molar-refractivity contribution is 5.97. The van der Waals surface area contributed by atoms with Gasteiger partial charge >= 0.3 is 0 Å². The van der Waals surface area contributed by atoms with E-state index in [4.69, 9.17) is 4.74 Å². The maximum Gasteiger partial charge on any atom is 0.260 e. The normalized spacial score (nSPS) is 15.4. The van der Waals surface area contributed by atoms with Crippen LogP contribution in [0.1, 0.15) is 54.6 Å². The summed E-state index contributed by atoms with van der Waals surface area (Å²) in [7, 11) is 0. The number of carbonyl (C=O) groups is 2. The number of hydrogen-bond acceptors (Lipinski definition) is 3. The second-order valence-electron chi connectivity index (χ2n) is 7.19. The van der Waals surface area contributed by atoms with Crippen LogP contribution in [-0.2, 0) is 4.79 Å². The van der Waals surface area contributed by atoms with Crippen LogP contribution in [0.5, 0.6) is 5.75 Å². The third-order valence-electron chi connectivity index (χ3n) is 5.09. The monoisotopic (exact) mass is 380 g/mol. The molecule has 1 heterocycles. The Hall–Kier alpha value is -2.82. The zero-order valence-corrected chi connectivity index (χ0v) is 16.4. The average molecular weight is 380 g/mol. The predicted molar refractivity (Wildman–Crippen MR) is 109 cm³/mol. The quantitative estimate of drug-likeness (QED) is 0.825. The number of hydrogen-bond donors (Lipinski definition) is 1. The van der Waals surface area contributed by atoms with Crippen molar-refractivity contribution in [3.63, 3.8) is 0 Å². The third-order valence-corrected chi connectivity index (χ3v) is 5.09. The van der Waals surface area contributed by atoms with Gasteiger partial charge in [-0.15, -0.1) is 0 Å². The average Bonchev–Trinajstić information content (AvgIpc) is 3.02. The minimum Gasteiger partial charge on any atom is -0.483 e. The number of ether oxygens (including phenoxy) is 1. The van der Waals surface area contributed by atoms with Crippen LogP contribution in [0, 0.1) is 0 Å². The van der Waals surface area contributed by atoms with Crippen LogP contribution >= 0.6 is 0 Å². The van der Waals surface area contributed by atoms with Crippen molar-refractivity contribution in [2.75, 3.05) is 19.7 Å². The van der Waals surface area contributed by atoms with Crippen LogP contribution in [0.15, 0.2) is 54.6 Å². The number of rotatable bonds is 6. The van der Waals surface area contributed by atoms with Crippen molar-refractivity contribution < 1.29 is 14.3 Å². The Kier molecular flexibility index (Phi) is 7.06. The summed E-state index contributed by atoms with van der Waals surface area (Å²) in [5, 5.41) is 3.00. The van der Waals surface area contributed by atoms with E-state index >= 15 is 0 Å². The van der Waals surface area contributed by atoms with E-state index in [1.807, 2.05) is 48.2 Å². The van der Waals surface area contributed by atoms with Gasteiger partial charge in [-0.25, -0.2) is 0 Å². The van der Waals surface area contributed by atoms with E-state index in [1.54, 1.807) is 18.2 Å². The second-order valence-corrected chi connectivity index (χ2v) is 7.19. The molecule has 2 aromatic rings. The molecule has 0 bridgehead atoms. The van der Waals surface area contributed by atoms with Crippen LogP contribution in [0.3, 0.4) is 0 Å². The van der Waals surface area contributed by atoms with Crippen molar-refractivity contribution in [2.45, 2.75) is 38.6 Å². The summed E-state index contributed by atoms with van der Waals surface area (Å²) in [5.74, 6) is 0.201. The largest absolute Gasteiger partial charge is 0.483 e. The van der Waals surface area contributed by atoms with Crippen LogP contribution in [0.4, 0.5) is 0 Å². The SMILES string of the molecule is CC(NC(=O)c1ccccc1OCC(=O)N1CCCCCC1)c1ccccc1. The molecule has 1 fully saturated rings. The molecule has 28 heavy (non-hydrogen) atoms. The maximum absolute atomic E-state index is 12.8. The zero-order chi connectivity index (χ0) is 19.8. The number of carbonyl (C=O) groups excluding carboxylic acids is 2. The van der Waals surface area contributed by atoms with Gasteiger partial charge in [0.25, 0.3) is 11.8 Å². The molecule has 0 spiro atoms. The molecule has 5 nitrogen and oxygen atoms in total. The Labute approximate surface area is 166 Å². The Morgan fingerprint density at radius 1 is 0.964 bits per heavy atom. The third kappa shape index (κ3) is 5.35. The Morgan fingerprint density at radius 3 is 2.32 bits per heavy atom. The van der Waals surface area contributed by atoms with Crippen molar-refractivity contribution in [1.29, 1.82) is 0 Å². The number of likely N-dealkylation sites (tertiary alicyclic amines) is 1. The highest BCUT2D eigenvalue weighted by Crippen LogP contribution is 2.20. The fraction of sp³-hybridized carbons (Fsp3) is 0.391. The molecule has 5 heteroatoms. The Balaban J connectivity index is 1.62. The van der Waals surface area contributed by atoms with Crippen molar-refractivity contribution >= 4 is 11.8 Å². The first kappa shape index (κ1) is 19.9. The first-order valence-electron chi connectivity index (χ1n) is 10.0. The summed E-state index contributed by atoms with van der Waals surface area (Å²) in [6.45, 7) is 3.48. The molecule has 2 aromatic carbocycles. The molecule has 1 N–H and O–H groups in total. The van der Waals surface area contributed by atoms with Gasteiger partial charge in [-0.2, -0.15) is 0 Å². The smallest absolute Gasteiger partial charge is 0.260 e. The number of amides is 2. The van der Waals surface area contributed by atoms with Crippen LogP contribution in [0.25, 0.3) is 0 Å². The van der Waals surface area contributed by atoms with Gasteiger partial charge in [-0.05, 0) is 37.5 Å². The maximum atomic E-state index is 12.8. The van der Waals surface area contributed by atoms with E-state index in [9.17, 15) is 9.59 Å². The topological polar surface area (TPSA) is 58.6 Å². The van der Waals surface area contributed by atoms with Gasteiger partial charge in [-0.1, -0.05) is 55.3 Å². The Morgan fingerprint density at radius 2 is 1.61 bits per heavy atom. The second kappa shape index (κ2) is 9.93. The van der Waals surface area contributed by atoms with Crippen LogP contribution < -0.4 is 10.1 Å². The molecule has 0 aliphatic carbocycles. The summed E-state index contributed by atoms with van der Waals surface area (Å²) in [6.07, 6.45) is 4.44. The number of benzene rings is 2. The van der Waals surface area contributed by atoms with Gasteiger partial charge in [0.1, 0.15) is 5.75 Å². The van der Waals surface area contributed by atoms with Crippen LogP contribution in [-0.4, -0.2) is 36.4 Å². The lowest BCUT2D eigenvalue weighted by Gasteiger charge is -2.21. The lowest BCUT2D eigenvalue weighted by molar-refractivity contribution is -0.133. The van der Waals surface area contributed by atoms with E-state index < -0.39 is 0 Å². The molecule has 0 aromatic heterocycles. The van der Waals surface area contributed by atoms with Gasteiger partial charge < -0.3 is 15.0 Å². The molecule has 1 saturated heterocycles. The molecule has 0 radical (unpaired) electrons. The molecule has 3 rings (SSSR count). The van der Waals surface area contributed by atoms with E-state index in [1.165, 1.54) is 12.8 Å². The fourth-order valence-electron chi connectivity index (χ4n) is 3.43. The number of para-hydroxylation sites is 1. The molecular weight excluding hydrogens is 352 g/mol. The number of nitrogens with one attached hydrogen (secondary N) is 1. The minimum absolute atomic E-state index is 0.0187. The van der Waals surface area contributed by atoms with E-state index in [2.05, 4.69) is 5.32 Å². The van der Waals surface area contributed by atoms with Crippen molar-refractivity contribution in [3.05, 3.63) is 65.7 Å². The summed E-state index contributed by atoms with van der Waals surface area (Å²) in [5.41, 5.74) is 1.47. The summed E-state index contributed by atoms with van der Waals surface area (Å²) < 4.78 is 5.75. The molecule has 1 atom stereocenters. The lowest BCUT2D eigenvalue weighted by atomic mass is 10.1. The van der Waals surface area contributed by atoms with Crippen LogP contribution in [0.2, 0.25) is 0 Å². The van der Waals surface area contributed by atoms with E-state index in [-0.39, 0.29) is 24.5 Å². The highest BCUT2D eigenvalue weighted by Gasteiger charge is 2.19. The first-order valence-corrected chi connectivity index (χ1v) is 10.0. The summed E-state index contributed by atoms with van der Waals surface area (Å²) >= 11 is 0. The molecule has 2 amide bonds. The van der Waals surface area contributed by atoms with E-state index in [0.717, 1.165) is 31.5 Å². The minimum atomic E-state index is -0.214. The lowest BCUT2D eigenvalue weighted by Crippen LogP contribution is -2.35. The molecule has 0 saturated carbocycles. The molecule has 1 aliphatic heterocycles. The summed E-state index contributed by atoms with van der Waals surface area (Å²) in [6, 6.07) is 16.7. The van der Waals surface area contributed by atoms with E-state index in [0.29, 0.717) is 11.3 Å². The van der Waals surface area contributed by atoms with Crippen molar-refractivity contribution in [3.8, 4) is 5.75 Å². The molecule has 1 unspecified atom stereocenters. The number of nitrogens with zero attached hydrogens (tertiary/aromatic N) is 1. The molecule has 1 aliphatic rings. The molecular formula is C23H28N2O3. The Bertz CT molecular complexity index is 783. The van der Waals surface area contributed by atoms with Gasteiger partial charge in [0.05, 0.1) is 11.6 Å².